The van der Waals surface area contributed by atoms with E-state index in [1.54, 1.807) is 25.1 Å². The molecular formula is C22H16ClF3N2O4. The number of hydrogen-bond acceptors (Lipinski definition) is 4. The van der Waals surface area contributed by atoms with Gasteiger partial charge >= 0.3 is 12.1 Å². The van der Waals surface area contributed by atoms with Crippen LogP contribution in [0.4, 0.5) is 18.9 Å². The number of alkyl halides is 3. The van der Waals surface area contributed by atoms with Crippen molar-refractivity contribution in [3.8, 4) is 11.5 Å². The monoisotopic (exact) mass is 464 g/mol. The second kappa shape index (κ2) is 9.27. The third-order valence-electron chi connectivity index (χ3n) is 4.34. The van der Waals surface area contributed by atoms with Gasteiger partial charge in [-0.15, -0.1) is 0 Å². The molecule has 0 fully saturated rings. The first-order chi connectivity index (χ1) is 15.0. The Labute approximate surface area is 185 Å². The molecule has 0 saturated heterocycles. The number of aromatic carboxylic acids is 1. The molecule has 3 aromatic rings. The Morgan fingerprint density at radius 1 is 1.12 bits per heavy atom. The first-order valence-corrected chi connectivity index (χ1v) is 9.54. The van der Waals surface area contributed by atoms with Crippen molar-refractivity contribution in [2.45, 2.75) is 19.5 Å². The summed E-state index contributed by atoms with van der Waals surface area (Å²) >= 11 is 5.58. The summed E-state index contributed by atoms with van der Waals surface area (Å²) in [5.41, 5.74) is 0.0734. The molecule has 2 aromatic carbocycles. The summed E-state index contributed by atoms with van der Waals surface area (Å²) < 4.78 is 44.6. The van der Waals surface area contributed by atoms with Crippen LogP contribution in [-0.4, -0.2) is 22.0 Å². The average molecular weight is 465 g/mol. The summed E-state index contributed by atoms with van der Waals surface area (Å²) in [5.74, 6) is -0.955. The van der Waals surface area contributed by atoms with Crippen LogP contribution in [0.25, 0.3) is 0 Å². The number of nitrogens with one attached hydrogen (secondary N) is 1. The molecule has 1 amide bonds. The van der Waals surface area contributed by atoms with Crippen molar-refractivity contribution in [3.63, 3.8) is 0 Å². The highest BCUT2D eigenvalue weighted by Crippen LogP contribution is 2.36. The maximum absolute atomic E-state index is 13.0. The van der Waals surface area contributed by atoms with E-state index in [1.165, 1.54) is 24.4 Å². The summed E-state index contributed by atoms with van der Waals surface area (Å²) in [7, 11) is 0. The van der Waals surface area contributed by atoms with Crippen LogP contribution in [0, 0.1) is 6.92 Å². The van der Waals surface area contributed by atoms with Crippen LogP contribution in [0.2, 0.25) is 5.02 Å². The molecule has 0 saturated carbocycles. The lowest BCUT2D eigenvalue weighted by atomic mass is 10.1. The van der Waals surface area contributed by atoms with E-state index < -0.39 is 28.6 Å². The van der Waals surface area contributed by atoms with Gasteiger partial charge in [-0.25, -0.2) is 9.78 Å². The van der Waals surface area contributed by atoms with Crippen molar-refractivity contribution < 1.29 is 32.6 Å². The standard InChI is InChI=1S/C22H16ClF3N2O4/c1-12-8-13(2-5-19(12)32-15-6-7-27-18(11-15)21(30)31)9-20(29)28-14-3-4-17(23)16(10-14)22(24,25)26/h2-8,10-11H,9H2,1H3,(H,28,29)(H,30,31). The topological polar surface area (TPSA) is 88.5 Å². The number of carbonyl (C=O) groups excluding carboxylic acids is 1. The van der Waals surface area contributed by atoms with E-state index in [4.69, 9.17) is 21.4 Å². The number of aryl methyl sites for hydroxylation is 1. The van der Waals surface area contributed by atoms with E-state index in [0.717, 1.165) is 12.1 Å². The number of carboxylic acid groups (broad SMARTS) is 1. The van der Waals surface area contributed by atoms with Crippen molar-refractivity contribution in [1.29, 1.82) is 0 Å². The average Bonchev–Trinajstić information content (AvgIpc) is 2.71. The molecule has 10 heteroatoms. The predicted octanol–water partition coefficient (Wildman–Crippen LogP) is 5.73. The first-order valence-electron chi connectivity index (χ1n) is 9.16. The third kappa shape index (κ3) is 5.76. The number of hydrogen-bond donors (Lipinski definition) is 2. The van der Waals surface area contributed by atoms with Crippen LogP contribution >= 0.6 is 11.6 Å². The number of rotatable bonds is 6. The van der Waals surface area contributed by atoms with Gasteiger partial charge in [0, 0.05) is 18.0 Å². The van der Waals surface area contributed by atoms with E-state index in [2.05, 4.69) is 10.3 Å². The van der Waals surface area contributed by atoms with E-state index in [-0.39, 0.29) is 23.6 Å². The fourth-order valence-corrected chi connectivity index (χ4v) is 3.09. The van der Waals surface area contributed by atoms with Gasteiger partial charge in [0.25, 0.3) is 0 Å². The van der Waals surface area contributed by atoms with Crippen LogP contribution in [0.3, 0.4) is 0 Å². The van der Waals surface area contributed by atoms with Gasteiger partial charge in [0.2, 0.25) is 5.91 Å². The lowest BCUT2D eigenvalue weighted by Crippen LogP contribution is -2.15. The zero-order chi connectivity index (χ0) is 23.5. The van der Waals surface area contributed by atoms with Crippen LogP contribution in [0.5, 0.6) is 11.5 Å². The fourth-order valence-electron chi connectivity index (χ4n) is 2.87. The Hall–Kier alpha value is -3.59. The Morgan fingerprint density at radius 2 is 1.88 bits per heavy atom. The van der Waals surface area contributed by atoms with Crippen molar-refractivity contribution in [2.75, 3.05) is 5.32 Å². The van der Waals surface area contributed by atoms with Gasteiger partial charge < -0.3 is 15.2 Å². The molecule has 0 atom stereocenters. The summed E-state index contributed by atoms with van der Waals surface area (Å²) in [6, 6.07) is 10.9. The molecule has 1 heterocycles. The molecule has 166 valence electrons. The molecule has 0 spiro atoms. The number of carbonyl (C=O) groups is 2. The highest BCUT2D eigenvalue weighted by molar-refractivity contribution is 6.31. The van der Waals surface area contributed by atoms with E-state index in [9.17, 15) is 22.8 Å². The highest BCUT2D eigenvalue weighted by atomic mass is 35.5. The lowest BCUT2D eigenvalue weighted by molar-refractivity contribution is -0.137. The Balaban J connectivity index is 1.69. The maximum Gasteiger partial charge on any atom is 0.417 e. The highest BCUT2D eigenvalue weighted by Gasteiger charge is 2.33. The number of aromatic nitrogens is 1. The maximum atomic E-state index is 13.0. The molecule has 0 aliphatic rings. The summed E-state index contributed by atoms with van der Waals surface area (Å²) in [6.07, 6.45) is -3.40. The van der Waals surface area contributed by atoms with Gasteiger partial charge in [-0.1, -0.05) is 23.7 Å². The van der Waals surface area contributed by atoms with Gasteiger partial charge in [0.1, 0.15) is 11.5 Å². The van der Waals surface area contributed by atoms with Gasteiger partial charge in [-0.2, -0.15) is 13.2 Å². The molecular weight excluding hydrogens is 449 g/mol. The number of amides is 1. The molecule has 0 unspecified atom stereocenters. The van der Waals surface area contributed by atoms with Crippen LogP contribution in [-0.2, 0) is 17.4 Å². The van der Waals surface area contributed by atoms with Crippen LogP contribution in [0.1, 0.15) is 27.2 Å². The number of nitrogens with zero attached hydrogens (tertiary/aromatic N) is 1. The van der Waals surface area contributed by atoms with Gasteiger partial charge in [0.15, 0.2) is 5.69 Å². The Kier molecular flexibility index (Phi) is 6.69. The van der Waals surface area contributed by atoms with Crippen LogP contribution < -0.4 is 10.1 Å². The number of halogens is 4. The number of anilines is 1. The minimum atomic E-state index is -4.63. The second-order valence-corrected chi connectivity index (χ2v) is 7.21. The SMILES string of the molecule is Cc1cc(CC(=O)Nc2ccc(Cl)c(C(F)(F)F)c2)ccc1Oc1ccnc(C(=O)O)c1. The lowest BCUT2D eigenvalue weighted by Gasteiger charge is -2.13. The molecule has 0 aliphatic carbocycles. The summed E-state index contributed by atoms with van der Waals surface area (Å²) in [5, 5.41) is 11.0. The fraction of sp³-hybridized carbons (Fsp3) is 0.136. The van der Waals surface area contributed by atoms with Crippen molar-refractivity contribution in [3.05, 3.63) is 82.1 Å². The van der Waals surface area contributed by atoms with Gasteiger partial charge in [0.05, 0.1) is 17.0 Å². The number of pyridine rings is 1. The van der Waals surface area contributed by atoms with Crippen molar-refractivity contribution in [2.24, 2.45) is 0 Å². The van der Waals surface area contributed by atoms with E-state index >= 15 is 0 Å². The van der Waals surface area contributed by atoms with Crippen molar-refractivity contribution in [1.82, 2.24) is 4.98 Å². The number of carboxylic acids is 1. The first kappa shape index (κ1) is 23.1. The quantitative estimate of drug-likeness (QED) is 0.486. The predicted molar refractivity (Wildman–Crippen MR) is 111 cm³/mol. The minimum Gasteiger partial charge on any atom is -0.477 e. The van der Waals surface area contributed by atoms with E-state index in [1.807, 2.05) is 0 Å². The molecule has 0 aliphatic heterocycles. The largest absolute Gasteiger partial charge is 0.477 e. The summed E-state index contributed by atoms with van der Waals surface area (Å²) in [4.78, 5) is 27.0. The smallest absolute Gasteiger partial charge is 0.417 e. The zero-order valence-electron chi connectivity index (χ0n) is 16.5. The molecule has 2 N–H and O–H groups in total. The van der Waals surface area contributed by atoms with Crippen LogP contribution in [0.15, 0.2) is 54.7 Å². The van der Waals surface area contributed by atoms with E-state index in [0.29, 0.717) is 16.9 Å². The van der Waals surface area contributed by atoms with Gasteiger partial charge in [-0.05, 0) is 48.4 Å². The second-order valence-electron chi connectivity index (χ2n) is 6.80. The molecule has 6 nitrogen and oxygen atoms in total. The Bertz CT molecular complexity index is 1180. The van der Waals surface area contributed by atoms with Gasteiger partial charge in [-0.3, -0.25) is 4.79 Å². The normalized spacial score (nSPS) is 11.2. The molecule has 0 bridgehead atoms. The molecule has 0 radical (unpaired) electrons. The number of benzene rings is 2. The van der Waals surface area contributed by atoms with Crippen molar-refractivity contribution >= 4 is 29.2 Å². The number of ether oxygens (including phenoxy) is 1. The summed E-state index contributed by atoms with van der Waals surface area (Å²) in [6.45, 7) is 1.74. The third-order valence-corrected chi connectivity index (χ3v) is 4.67. The Morgan fingerprint density at radius 3 is 2.53 bits per heavy atom. The minimum absolute atomic E-state index is 0.0182. The molecule has 1 aromatic heterocycles. The zero-order valence-corrected chi connectivity index (χ0v) is 17.3. The molecule has 32 heavy (non-hydrogen) atoms. The molecule has 3 rings (SSSR count).